The van der Waals surface area contributed by atoms with Crippen LogP contribution in [0.5, 0.6) is 0 Å². The molecule has 5 heteroatoms. The zero-order chi connectivity index (χ0) is 13.9. The maximum Gasteiger partial charge on any atom is 0.230 e. The summed E-state index contributed by atoms with van der Waals surface area (Å²) in [5.41, 5.74) is 3.22. The number of benzene rings is 1. The summed E-state index contributed by atoms with van der Waals surface area (Å²) in [6.45, 7) is 3.75. The second-order valence-electron chi connectivity index (χ2n) is 5.08. The number of amides is 1. The Kier molecular flexibility index (Phi) is 3.80. The maximum absolute atomic E-state index is 12.0. The van der Waals surface area contributed by atoms with E-state index in [9.17, 15) is 4.79 Å². The highest BCUT2D eigenvalue weighted by molar-refractivity contribution is 7.14. The van der Waals surface area contributed by atoms with Crippen LogP contribution in [0.3, 0.4) is 0 Å². The molecule has 3 rings (SSSR count). The third-order valence-electron chi connectivity index (χ3n) is 3.51. The van der Waals surface area contributed by atoms with Gasteiger partial charge in [-0.1, -0.05) is 29.8 Å². The minimum absolute atomic E-state index is 0.0693. The van der Waals surface area contributed by atoms with Gasteiger partial charge in [-0.3, -0.25) is 4.79 Å². The van der Waals surface area contributed by atoms with E-state index in [1.165, 1.54) is 16.9 Å². The quantitative estimate of drug-likeness (QED) is 0.912. The molecule has 1 fully saturated rings. The Balaban J connectivity index is 1.70. The molecule has 0 saturated carbocycles. The van der Waals surface area contributed by atoms with E-state index in [-0.39, 0.29) is 11.8 Å². The van der Waals surface area contributed by atoms with Gasteiger partial charge in [0.2, 0.25) is 5.91 Å². The molecule has 2 aromatic rings. The second-order valence-corrected chi connectivity index (χ2v) is 5.94. The Bertz CT molecular complexity index is 600. The molecule has 1 aromatic carbocycles. The number of hydrogen-bond acceptors (Lipinski definition) is 4. The number of nitrogens with zero attached hydrogens (tertiary/aromatic N) is 1. The van der Waals surface area contributed by atoms with Gasteiger partial charge in [0, 0.05) is 17.5 Å². The van der Waals surface area contributed by atoms with Crippen LogP contribution in [-0.4, -0.2) is 24.0 Å². The van der Waals surface area contributed by atoms with E-state index in [1.807, 2.05) is 5.38 Å². The van der Waals surface area contributed by atoms with E-state index in [0.29, 0.717) is 5.13 Å². The number of nitrogens with one attached hydrogen (secondary N) is 2. The van der Waals surface area contributed by atoms with Crippen molar-refractivity contribution < 1.29 is 4.79 Å². The van der Waals surface area contributed by atoms with Gasteiger partial charge in [0.05, 0.1) is 11.6 Å². The van der Waals surface area contributed by atoms with Crippen molar-refractivity contribution in [3.05, 3.63) is 35.2 Å². The number of carbonyl (C=O) groups excluding carboxylic acids is 1. The molecule has 104 valence electrons. The van der Waals surface area contributed by atoms with Crippen LogP contribution in [0.1, 0.15) is 12.0 Å². The average molecular weight is 287 g/mol. The fourth-order valence-corrected chi connectivity index (χ4v) is 3.00. The van der Waals surface area contributed by atoms with Gasteiger partial charge in [0.15, 0.2) is 5.13 Å². The molecule has 4 nitrogen and oxygen atoms in total. The highest BCUT2D eigenvalue weighted by atomic mass is 32.1. The van der Waals surface area contributed by atoms with Crippen molar-refractivity contribution in [1.82, 2.24) is 10.3 Å². The second kappa shape index (κ2) is 5.73. The molecular formula is C15H17N3OS. The standard InChI is InChI=1S/C15H17N3OS/c1-10-2-4-11(5-3-10)13-9-20-15(17-13)18-14(19)12-6-7-16-8-12/h2-5,9,12,16H,6-8H2,1H3,(H,17,18,19). The summed E-state index contributed by atoms with van der Waals surface area (Å²) in [4.78, 5) is 16.5. The lowest BCUT2D eigenvalue weighted by atomic mass is 10.1. The highest BCUT2D eigenvalue weighted by Crippen LogP contribution is 2.25. The summed E-state index contributed by atoms with van der Waals surface area (Å²) in [5.74, 6) is 0.140. The van der Waals surface area contributed by atoms with Gasteiger partial charge in [-0.25, -0.2) is 4.98 Å². The molecule has 0 aliphatic carbocycles. The molecule has 0 bridgehead atoms. The Hall–Kier alpha value is -1.72. The van der Waals surface area contributed by atoms with Gasteiger partial charge in [0.1, 0.15) is 0 Å². The van der Waals surface area contributed by atoms with Crippen LogP contribution < -0.4 is 10.6 Å². The zero-order valence-electron chi connectivity index (χ0n) is 11.3. The van der Waals surface area contributed by atoms with E-state index in [2.05, 4.69) is 46.8 Å². The highest BCUT2D eigenvalue weighted by Gasteiger charge is 2.23. The van der Waals surface area contributed by atoms with Crippen LogP contribution in [0, 0.1) is 12.8 Å². The average Bonchev–Trinajstić information content (AvgIpc) is 3.10. The summed E-state index contributed by atoms with van der Waals surface area (Å²) in [5, 5.41) is 8.77. The lowest BCUT2D eigenvalue weighted by molar-refractivity contribution is -0.119. The Labute approximate surface area is 122 Å². The van der Waals surface area contributed by atoms with Gasteiger partial charge >= 0.3 is 0 Å². The van der Waals surface area contributed by atoms with Gasteiger partial charge in [-0.05, 0) is 19.9 Å². The molecule has 1 atom stereocenters. The molecule has 1 amide bonds. The number of anilines is 1. The molecule has 2 heterocycles. The van der Waals surface area contributed by atoms with Gasteiger partial charge < -0.3 is 10.6 Å². The zero-order valence-corrected chi connectivity index (χ0v) is 12.2. The molecule has 1 saturated heterocycles. The molecule has 1 aliphatic rings. The Morgan fingerprint density at radius 2 is 2.20 bits per heavy atom. The van der Waals surface area contributed by atoms with E-state index in [0.717, 1.165) is 30.8 Å². The molecule has 1 unspecified atom stereocenters. The summed E-state index contributed by atoms with van der Waals surface area (Å²) in [6.07, 6.45) is 0.905. The molecule has 20 heavy (non-hydrogen) atoms. The first kappa shape index (κ1) is 13.3. The SMILES string of the molecule is Cc1ccc(-c2csc(NC(=O)C3CCNC3)n2)cc1. The predicted octanol–water partition coefficient (Wildman–Crippen LogP) is 2.67. The van der Waals surface area contributed by atoms with Crippen LogP contribution in [0.2, 0.25) is 0 Å². The number of rotatable bonds is 3. The molecule has 2 N–H and O–H groups in total. The minimum atomic E-state index is 0.0693. The molecular weight excluding hydrogens is 270 g/mol. The predicted molar refractivity (Wildman–Crippen MR) is 81.9 cm³/mol. The Morgan fingerprint density at radius 1 is 1.40 bits per heavy atom. The van der Waals surface area contributed by atoms with E-state index in [1.54, 1.807) is 0 Å². The normalized spacial score (nSPS) is 18.1. The van der Waals surface area contributed by atoms with Crippen molar-refractivity contribution in [2.24, 2.45) is 5.92 Å². The summed E-state index contributed by atoms with van der Waals surface area (Å²) in [7, 11) is 0. The van der Waals surface area contributed by atoms with Crippen LogP contribution in [0.4, 0.5) is 5.13 Å². The fraction of sp³-hybridized carbons (Fsp3) is 0.333. The van der Waals surface area contributed by atoms with E-state index >= 15 is 0 Å². The van der Waals surface area contributed by atoms with Crippen molar-refractivity contribution in [3.63, 3.8) is 0 Å². The van der Waals surface area contributed by atoms with Crippen molar-refractivity contribution in [1.29, 1.82) is 0 Å². The topological polar surface area (TPSA) is 54.0 Å². The van der Waals surface area contributed by atoms with Crippen LogP contribution in [0.15, 0.2) is 29.6 Å². The van der Waals surface area contributed by atoms with Crippen LogP contribution >= 0.6 is 11.3 Å². The molecule has 1 aromatic heterocycles. The van der Waals surface area contributed by atoms with E-state index < -0.39 is 0 Å². The smallest absolute Gasteiger partial charge is 0.230 e. The number of thiazole rings is 1. The number of aryl methyl sites for hydroxylation is 1. The van der Waals surface area contributed by atoms with Crippen molar-refractivity contribution in [2.75, 3.05) is 18.4 Å². The fourth-order valence-electron chi connectivity index (χ4n) is 2.27. The van der Waals surface area contributed by atoms with E-state index in [4.69, 9.17) is 0 Å². The third kappa shape index (κ3) is 2.89. The summed E-state index contributed by atoms with van der Waals surface area (Å²) >= 11 is 1.47. The summed E-state index contributed by atoms with van der Waals surface area (Å²) < 4.78 is 0. The number of hydrogen-bond donors (Lipinski definition) is 2. The summed E-state index contributed by atoms with van der Waals surface area (Å²) in [6, 6.07) is 8.24. The monoisotopic (exact) mass is 287 g/mol. The number of aromatic nitrogens is 1. The number of carbonyl (C=O) groups is 1. The van der Waals surface area contributed by atoms with Crippen LogP contribution in [0.25, 0.3) is 11.3 Å². The van der Waals surface area contributed by atoms with Crippen molar-refractivity contribution >= 4 is 22.4 Å². The van der Waals surface area contributed by atoms with Crippen molar-refractivity contribution in [2.45, 2.75) is 13.3 Å². The first-order chi connectivity index (χ1) is 9.72. The lowest BCUT2D eigenvalue weighted by Gasteiger charge is -2.06. The molecule has 0 spiro atoms. The maximum atomic E-state index is 12.0. The minimum Gasteiger partial charge on any atom is -0.316 e. The lowest BCUT2D eigenvalue weighted by Crippen LogP contribution is -2.24. The third-order valence-corrected chi connectivity index (χ3v) is 4.27. The molecule has 1 aliphatic heterocycles. The molecule has 0 radical (unpaired) electrons. The van der Waals surface area contributed by atoms with Gasteiger partial charge in [-0.2, -0.15) is 0 Å². The van der Waals surface area contributed by atoms with Gasteiger partial charge in [0.25, 0.3) is 0 Å². The van der Waals surface area contributed by atoms with Gasteiger partial charge in [-0.15, -0.1) is 11.3 Å². The van der Waals surface area contributed by atoms with Crippen LogP contribution in [-0.2, 0) is 4.79 Å². The first-order valence-corrected chi connectivity index (χ1v) is 7.64. The van der Waals surface area contributed by atoms with Crippen molar-refractivity contribution in [3.8, 4) is 11.3 Å². The Morgan fingerprint density at radius 3 is 2.90 bits per heavy atom. The largest absolute Gasteiger partial charge is 0.316 e. The first-order valence-electron chi connectivity index (χ1n) is 6.76.